The molecule has 4 nitrogen and oxygen atoms in total. The predicted molar refractivity (Wildman–Crippen MR) is 84.1 cm³/mol. The number of nitrogens with two attached hydrogens (primary N) is 1. The van der Waals surface area contributed by atoms with E-state index >= 15 is 0 Å². The van der Waals surface area contributed by atoms with Crippen molar-refractivity contribution in [3.63, 3.8) is 0 Å². The fourth-order valence-electron chi connectivity index (χ4n) is 2.61. The molecule has 0 aliphatic heterocycles. The van der Waals surface area contributed by atoms with Gasteiger partial charge < -0.3 is 10.7 Å². The Morgan fingerprint density at radius 2 is 1.76 bits per heavy atom. The molecule has 0 saturated heterocycles. The number of rotatable bonds is 2. The van der Waals surface area contributed by atoms with Gasteiger partial charge in [-0.15, -0.1) is 0 Å². The van der Waals surface area contributed by atoms with Gasteiger partial charge in [-0.05, 0) is 37.6 Å². The summed E-state index contributed by atoms with van der Waals surface area (Å²) in [6, 6.07) is 12.3. The van der Waals surface area contributed by atoms with Gasteiger partial charge in [0.05, 0.1) is 9.79 Å². The zero-order chi connectivity index (χ0) is 15.2. The lowest BCUT2D eigenvalue weighted by Crippen LogP contribution is -2.06. The predicted octanol–water partition coefficient (Wildman–Crippen LogP) is 3.20. The summed E-state index contributed by atoms with van der Waals surface area (Å²) in [5, 5.41) is 0.705. The highest BCUT2D eigenvalue weighted by Gasteiger charge is 2.26. The zero-order valence-electron chi connectivity index (χ0n) is 11.8. The largest absolute Gasteiger partial charge is 0.399 e. The second-order valence-corrected chi connectivity index (χ2v) is 7.01. The van der Waals surface area contributed by atoms with Crippen molar-refractivity contribution < 1.29 is 8.42 Å². The molecule has 0 saturated carbocycles. The Morgan fingerprint density at radius 3 is 2.52 bits per heavy atom. The summed E-state index contributed by atoms with van der Waals surface area (Å²) in [6.07, 6.45) is 0. The molecule has 0 aliphatic rings. The number of para-hydroxylation sites is 1. The lowest BCUT2D eigenvalue weighted by Gasteiger charge is -2.09. The van der Waals surface area contributed by atoms with Gasteiger partial charge in [-0.3, -0.25) is 0 Å². The zero-order valence-corrected chi connectivity index (χ0v) is 12.7. The second-order valence-electron chi connectivity index (χ2n) is 5.15. The quantitative estimate of drug-likeness (QED) is 0.714. The van der Waals surface area contributed by atoms with Crippen LogP contribution in [0.5, 0.6) is 0 Å². The number of benzene rings is 2. The molecule has 0 aliphatic carbocycles. The maximum atomic E-state index is 13.0. The minimum Gasteiger partial charge on any atom is -0.399 e. The molecule has 2 aromatic carbocycles. The monoisotopic (exact) mass is 300 g/mol. The molecule has 0 spiro atoms. The van der Waals surface area contributed by atoms with Crippen LogP contribution in [-0.4, -0.2) is 13.4 Å². The van der Waals surface area contributed by atoms with E-state index in [1.54, 1.807) is 26.0 Å². The topological polar surface area (TPSA) is 76.0 Å². The summed E-state index contributed by atoms with van der Waals surface area (Å²) < 4.78 is 26.1. The highest BCUT2D eigenvalue weighted by molar-refractivity contribution is 7.91. The van der Waals surface area contributed by atoms with Gasteiger partial charge in [0.2, 0.25) is 9.84 Å². The number of H-pyrrole nitrogens is 1. The van der Waals surface area contributed by atoms with Crippen LogP contribution in [0.25, 0.3) is 10.9 Å². The van der Waals surface area contributed by atoms with Crippen molar-refractivity contribution in [2.45, 2.75) is 23.6 Å². The first-order valence-electron chi connectivity index (χ1n) is 6.60. The molecule has 3 aromatic rings. The van der Waals surface area contributed by atoms with Crippen molar-refractivity contribution in [3.05, 3.63) is 53.7 Å². The van der Waals surface area contributed by atoms with E-state index < -0.39 is 9.84 Å². The number of hydrogen-bond donors (Lipinski definition) is 2. The van der Waals surface area contributed by atoms with Gasteiger partial charge in [-0.1, -0.05) is 24.3 Å². The van der Waals surface area contributed by atoms with Gasteiger partial charge in [-0.25, -0.2) is 8.42 Å². The molecule has 21 heavy (non-hydrogen) atoms. The second kappa shape index (κ2) is 4.63. The number of nitrogen functional groups attached to an aromatic ring is 1. The first-order valence-corrected chi connectivity index (χ1v) is 8.08. The first kappa shape index (κ1) is 13.7. The maximum absolute atomic E-state index is 13.0. The minimum atomic E-state index is -3.62. The van der Waals surface area contributed by atoms with Gasteiger partial charge in [-0.2, -0.15) is 0 Å². The highest BCUT2D eigenvalue weighted by Crippen LogP contribution is 2.33. The molecule has 0 atom stereocenters. The fraction of sp³-hybridized carbons (Fsp3) is 0.125. The third-order valence-corrected chi connectivity index (χ3v) is 5.69. The van der Waals surface area contributed by atoms with Crippen LogP contribution >= 0.6 is 0 Å². The van der Waals surface area contributed by atoms with E-state index in [1.165, 1.54) is 6.07 Å². The van der Waals surface area contributed by atoms with E-state index in [9.17, 15) is 8.42 Å². The van der Waals surface area contributed by atoms with Gasteiger partial charge in [0, 0.05) is 22.3 Å². The maximum Gasteiger partial charge on any atom is 0.209 e. The van der Waals surface area contributed by atoms with E-state index in [1.807, 2.05) is 24.3 Å². The van der Waals surface area contributed by atoms with Crippen molar-refractivity contribution >= 4 is 26.4 Å². The SMILES string of the molecule is Cc1ccc(N)cc1S(=O)(=O)c1c(C)[nH]c2ccccc12. The van der Waals surface area contributed by atoms with Gasteiger partial charge >= 0.3 is 0 Å². The Labute approximate surface area is 123 Å². The number of aryl methyl sites for hydroxylation is 2. The number of hydrogen-bond acceptors (Lipinski definition) is 3. The van der Waals surface area contributed by atoms with Crippen molar-refractivity contribution in [3.8, 4) is 0 Å². The summed E-state index contributed by atoms with van der Waals surface area (Å²) in [6.45, 7) is 3.55. The number of sulfone groups is 1. The fourth-order valence-corrected chi connectivity index (χ4v) is 4.54. The van der Waals surface area contributed by atoms with Crippen LogP contribution in [0.3, 0.4) is 0 Å². The molecule has 0 amide bonds. The molecule has 3 N–H and O–H groups in total. The Hall–Kier alpha value is -2.27. The molecule has 1 heterocycles. The number of aromatic amines is 1. The van der Waals surface area contributed by atoms with Crippen molar-refractivity contribution in [1.29, 1.82) is 0 Å². The number of nitrogens with one attached hydrogen (secondary N) is 1. The molecule has 1 aromatic heterocycles. The Morgan fingerprint density at radius 1 is 1.05 bits per heavy atom. The standard InChI is InChI=1S/C16H16N2O2S/c1-10-7-8-12(17)9-15(10)21(19,20)16-11(2)18-14-6-4-3-5-13(14)16/h3-9,18H,17H2,1-2H3. The van der Waals surface area contributed by atoms with E-state index in [-0.39, 0.29) is 4.90 Å². The Kier molecular flexibility index (Phi) is 3.02. The number of anilines is 1. The smallest absolute Gasteiger partial charge is 0.209 e. The van der Waals surface area contributed by atoms with Crippen LogP contribution in [0.2, 0.25) is 0 Å². The lowest BCUT2D eigenvalue weighted by atomic mass is 10.2. The average molecular weight is 300 g/mol. The van der Waals surface area contributed by atoms with Crippen molar-refractivity contribution in [2.24, 2.45) is 0 Å². The van der Waals surface area contributed by atoms with Gasteiger partial charge in [0.25, 0.3) is 0 Å². The summed E-state index contributed by atoms with van der Waals surface area (Å²) in [5.74, 6) is 0. The molecule has 108 valence electrons. The number of aromatic nitrogens is 1. The normalized spacial score (nSPS) is 11.9. The molecular weight excluding hydrogens is 284 g/mol. The van der Waals surface area contributed by atoms with E-state index in [0.29, 0.717) is 27.2 Å². The first-order chi connectivity index (χ1) is 9.91. The molecular formula is C16H16N2O2S. The summed E-state index contributed by atoms with van der Waals surface area (Å²) in [7, 11) is -3.62. The van der Waals surface area contributed by atoms with E-state index in [2.05, 4.69) is 4.98 Å². The Bertz CT molecular complexity index is 940. The van der Waals surface area contributed by atoms with Crippen LogP contribution in [0.4, 0.5) is 5.69 Å². The molecule has 0 fully saturated rings. The van der Waals surface area contributed by atoms with Crippen molar-refractivity contribution in [1.82, 2.24) is 4.98 Å². The molecule has 0 radical (unpaired) electrons. The summed E-state index contributed by atoms with van der Waals surface area (Å²) in [4.78, 5) is 3.71. The van der Waals surface area contributed by atoms with E-state index in [4.69, 9.17) is 5.73 Å². The van der Waals surface area contributed by atoms with Gasteiger partial charge in [0.1, 0.15) is 0 Å². The van der Waals surface area contributed by atoms with Gasteiger partial charge in [0.15, 0.2) is 0 Å². The molecule has 5 heteroatoms. The number of fused-ring (bicyclic) bond motifs is 1. The van der Waals surface area contributed by atoms with Crippen LogP contribution in [0.1, 0.15) is 11.3 Å². The van der Waals surface area contributed by atoms with Crippen molar-refractivity contribution in [2.75, 3.05) is 5.73 Å². The third-order valence-electron chi connectivity index (χ3n) is 3.60. The lowest BCUT2D eigenvalue weighted by molar-refractivity contribution is 0.596. The summed E-state index contributed by atoms with van der Waals surface area (Å²) >= 11 is 0. The summed E-state index contributed by atoms with van der Waals surface area (Å²) in [5.41, 5.74) is 8.34. The Balaban J connectivity index is 2.35. The van der Waals surface area contributed by atoms with Crippen LogP contribution in [-0.2, 0) is 9.84 Å². The van der Waals surface area contributed by atoms with Crippen LogP contribution < -0.4 is 5.73 Å². The minimum absolute atomic E-state index is 0.260. The van der Waals surface area contributed by atoms with Crippen LogP contribution in [0.15, 0.2) is 52.3 Å². The molecule has 0 bridgehead atoms. The average Bonchev–Trinajstić information content (AvgIpc) is 2.77. The molecule has 0 unspecified atom stereocenters. The third kappa shape index (κ3) is 2.10. The molecule has 3 rings (SSSR count). The van der Waals surface area contributed by atoms with E-state index in [0.717, 1.165) is 5.52 Å². The van der Waals surface area contributed by atoms with Crippen LogP contribution in [0, 0.1) is 13.8 Å². The highest BCUT2D eigenvalue weighted by atomic mass is 32.2.